The average Bonchev–Trinajstić information content (AvgIpc) is 3.24. The van der Waals surface area contributed by atoms with Crippen LogP contribution in [-0.2, 0) is 0 Å². The molecule has 8 aromatic carbocycles. The van der Waals surface area contributed by atoms with E-state index in [0.29, 0.717) is 0 Å². The molecule has 0 aromatic heterocycles. The van der Waals surface area contributed by atoms with Crippen molar-refractivity contribution >= 4 is 45.9 Å². The third-order valence-corrected chi connectivity index (χ3v) is 11.2. The van der Waals surface area contributed by atoms with Gasteiger partial charge >= 0.3 is 0 Å². The van der Waals surface area contributed by atoms with Gasteiger partial charge in [-0.2, -0.15) is 0 Å². The molecule has 250 valence electrons. The summed E-state index contributed by atoms with van der Waals surface area (Å²) in [5.41, 5.74) is 21.3. The minimum absolute atomic E-state index is 0.200. The van der Waals surface area contributed by atoms with Crippen molar-refractivity contribution < 1.29 is 0 Å². The molecule has 0 unspecified atom stereocenters. The summed E-state index contributed by atoms with van der Waals surface area (Å²) in [6.07, 6.45) is 0. The monoisotopic (exact) mass is 676 g/mol. The van der Waals surface area contributed by atoms with Gasteiger partial charge in [-0.25, -0.2) is 0 Å². The smallest absolute Gasteiger partial charge is 0.252 e. The summed E-state index contributed by atoms with van der Waals surface area (Å²) in [6, 6.07) is 69.0. The van der Waals surface area contributed by atoms with Crippen LogP contribution in [-0.4, -0.2) is 20.8 Å². The van der Waals surface area contributed by atoms with E-state index in [1.54, 1.807) is 0 Å². The second-order valence-electron chi connectivity index (χ2n) is 14.3. The largest absolute Gasteiger partial charge is 0.345 e. The number of nitrogens with zero attached hydrogens (tertiary/aromatic N) is 2. The summed E-state index contributed by atoms with van der Waals surface area (Å²) in [6.45, 7) is 0.200. The number of fused-ring (bicyclic) bond motifs is 4. The van der Waals surface area contributed by atoms with Crippen molar-refractivity contribution in [3.63, 3.8) is 0 Å². The molecule has 0 saturated carbocycles. The van der Waals surface area contributed by atoms with Gasteiger partial charge < -0.3 is 9.80 Å². The molecule has 0 fully saturated rings. The van der Waals surface area contributed by atoms with Crippen molar-refractivity contribution in [3.05, 3.63) is 188 Å². The number of para-hydroxylation sites is 2. The van der Waals surface area contributed by atoms with Crippen molar-refractivity contribution in [1.82, 2.24) is 0 Å². The molecule has 8 aromatic rings. The summed E-state index contributed by atoms with van der Waals surface area (Å²) in [5, 5.41) is 0. The topological polar surface area (TPSA) is 6.48 Å². The van der Waals surface area contributed by atoms with Gasteiger partial charge in [-0.05, 0) is 127 Å². The highest BCUT2D eigenvalue weighted by atomic mass is 15.1. The van der Waals surface area contributed by atoms with Crippen molar-refractivity contribution in [2.24, 2.45) is 0 Å². The lowest BCUT2D eigenvalue weighted by molar-refractivity contribution is 1.18. The van der Waals surface area contributed by atoms with Crippen LogP contribution in [0, 0.1) is 0 Å². The number of hydrogen-bond acceptors (Lipinski definition) is 2. The zero-order valence-electron chi connectivity index (χ0n) is 29.9. The first-order chi connectivity index (χ1) is 26.1. The molecule has 10 rings (SSSR count). The number of rotatable bonds is 5. The van der Waals surface area contributed by atoms with Crippen molar-refractivity contribution in [2.45, 2.75) is 0 Å². The summed E-state index contributed by atoms with van der Waals surface area (Å²) in [7, 11) is 4.43. The predicted octanol–water partition coefficient (Wildman–Crippen LogP) is 10.7. The molecule has 0 atom stereocenters. The Morgan fingerprint density at radius 3 is 1.06 bits per heavy atom. The van der Waals surface area contributed by atoms with E-state index < -0.39 is 0 Å². The lowest BCUT2D eigenvalue weighted by Gasteiger charge is -2.42. The molecule has 2 aliphatic rings. The average molecular weight is 677 g/mol. The molecule has 0 saturated heterocycles. The standard InChI is InChI=1S/C50H37BN2/c1-52-46-25-11-9-23-44(46)51-45-24-10-12-26-47(45)53(2)49-33-43(32-48(52)50(49)51)39-22-14-20-37(28-39)36-19-13-21-38(27-36)42-30-40(34-15-5-3-6-16-34)29-41(31-42)35-17-7-4-8-18-35/h3-33H,1-2H3. The van der Waals surface area contributed by atoms with Gasteiger partial charge in [-0.1, -0.05) is 133 Å². The SMILES string of the molecule is CN1c2ccccc2B2c3ccccc3N(C)c3cc(-c4cccc(-c5cccc(-c6cc(-c7ccccc7)cc(-c7ccccc7)c6)c5)c4)cc1c32. The van der Waals surface area contributed by atoms with E-state index in [0.717, 1.165) is 0 Å². The number of anilines is 4. The molecule has 0 aliphatic carbocycles. The van der Waals surface area contributed by atoms with E-state index >= 15 is 0 Å². The van der Waals surface area contributed by atoms with Crippen LogP contribution in [0.1, 0.15) is 0 Å². The second kappa shape index (κ2) is 12.6. The fourth-order valence-electron chi connectivity index (χ4n) is 8.60. The molecule has 53 heavy (non-hydrogen) atoms. The van der Waals surface area contributed by atoms with Crippen molar-refractivity contribution in [3.8, 4) is 55.6 Å². The van der Waals surface area contributed by atoms with Crippen LogP contribution in [0.25, 0.3) is 55.6 Å². The molecular weight excluding hydrogens is 639 g/mol. The molecule has 0 amide bonds. The number of hydrogen-bond donors (Lipinski definition) is 0. The normalized spacial score (nSPS) is 12.6. The van der Waals surface area contributed by atoms with Crippen LogP contribution < -0.4 is 26.2 Å². The molecule has 2 heterocycles. The highest BCUT2D eigenvalue weighted by Gasteiger charge is 2.40. The van der Waals surface area contributed by atoms with Crippen LogP contribution >= 0.6 is 0 Å². The second-order valence-corrected chi connectivity index (χ2v) is 14.3. The maximum Gasteiger partial charge on any atom is 0.252 e. The van der Waals surface area contributed by atoms with E-state index in [1.807, 2.05) is 0 Å². The van der Waals surface area contributed by atoms with Gasteiger partial charge in [-0.15, -0.1) is 0 Å². The van der Waals surface area contributed by atoms with Gasteiger partial charge in [0.25, 0.3) is 6.71 Å². The Morgan fingerprint density at radius 1 is 0.283 bits per heavy atom. The first-order valence-corrected chi connectivity index (χ1v) is 18.4. The Kier molecular flexibility index (Phi) is 7.40. The third kappa shape index (κ3) is 5.28. The van der Waals surface area contributed by atoms with Gasteiger partial charge in [0.2, 0.25) is 0 Å². The van der Waals surface area contributed by atoms with Gasteiger partial charge in [0.1, 0.15) is 0 Å². The van der Waals surface area contributed by atoms with E-state index in [2.05, 4.69) is 212 Å². The zero-order valence-corrected chi connectivity index (χ0v) is 29.9. The Morgan fingerprint density at radius 2 is 0.604 bits per heavy atom. The molecule has 2 aliphatic heterocycles. The summed E-state index contributed by atoms with van der Waals surface area (Å²) >= 11 is 0. The molecule has 0 bridgehead atoms. The van der Waals surface area contributed by atoms with Crippen molar-refractivity contribution in [1.29, 1.82) is 0 Å². The summed E-state index contributed by atoms with van der Waals surface area (Å²) < 4.78 is 0. The highest BCUT2D eigenvalue weighted by molar-refractivity contribution is 7.00. The molecule has 0 radical (unpaired) electrons. The Hall–Kier alpha value is -6.58. The summed E-state index contributed by atoms with van der Waals surface area (Å²) in [5.74, 6) is 0. The maximum absolute atomic E-state index is 2.40. The van der Waals surface area contributed by atoms with Gasteiger partial charge in [0.05, 0.1) is 0 Å². The third-order valence-electron chi connectivity index (χ3n) is 11.2. The predicted molar refractivity (Wildman–Crippen MR) is 227 cm³/mol. The van der Waals surface area contributed by atoms with E-state index in [4.69, 9.17) is 0 Å². The highest BCUT2D eigenvalue weighted by Crippen LogP contribution is 2.40. The quantitative estimate of drug-likeness (QED) is 0.168. The molecule has 3 heteroatoms. The van der Waals surface area contributed by atoms with Crippen LogP contribution in [0.2, 0.25) is 0 Å². The molecule has 2 nitrogen and oxygen atoms in total. The Bertz CT molecular complexity index is 2530. The molecular formula is C50H37BN2. The zero-order chi connectivity index (χ0) is 35.5. The summed E-state index contributed by atoms with van der Waals surface area (Å²) in [4.78, 5) is 4.77. The minimum Gasteiger partial charge on any atom is -0.345 e. The van der Waals surface area contributed by atoms with E-state index in [1.165, 1.54) is 94.8 Å². The Balaban J connectivity index is 1.07. The Labute approximate surface area is 312 Å². The van der Waals surface area contributed by atoms with Gasteiger partial charge in [-0.3, -0.25) is 0 Å². The molecule has 0 N–H and O–H groups in total. The minimum atomic E-state index is 0.200. The lowest BCUT2D eigenvalue weighted by Crippen LogP contribution is -2.61. The van der Waals surface area contributed by atoms with Crippen LogP contribution in [0.15, 0.2) is 188 Å². The fraction of sp³-hybridized carbons (Fsp3) is 0.0400. The fourth-order valence-corrected chi connectivity index (χ4v) is 8.60. The van der Waals surface area contributed by atoms with Crippen molar-refractivity contribution in [2.75, 3.05) is 23.9 Å². The lowest BCUT2D eigenvalue weighted by atomic mass is 9.33. The number of benzene rings is 8. The van der Waals surface area contributed by atoms with Crippen LogP contribution in [0.5, 0.6) is 0 Å². The van der Waals surface area contributed by atoms with E-state index in [9.17, 15) is 0 Å². The molecule has 0 spiro atoms. The maximum atomic E-state index is 2.40. The van der Waals surface area contributed by atoms with Gasteiger partial charge in [0, 0.05) is 36.8 Å². The first kappa shape index (κ1) is 31.2. The van der Waals surface area contributed by atoms with Crippen LogP contribution in [0.3, 0.4) is 0 Å². The van der Waals surface area contributed by atoms with E-state index in [-0.39, 0.29) is 6.71 Å². The van der Waals surface area contributed by atoms with Gasteiger partial charge in [0.15, 0.2) is 0 Å². The van der Waals surface area contributed by atoms with Crippen LogP contribution in [0.4, 0.5) is 22.7 Å². The first-order valence-electron chi connectivity index (χ1n) is 18.4.